The molecule has 1 N–H and O–H groups in total. The average Bonchev–Trinajstić information content (AvgIpc) is 2.73. The van der Waals surface area contributed by atoms with Crippen LogP contribution in [0.1, 0.15) is 21.8 Å². The Morgan fingerprint density at radius 3 is 2.94 bits per heavy atom. The summed E-state index contributed by atoms with van der Waals surface area (Å²) in [6.07, 6.45) is 0. The number of rotatable bonds is 4. The second kappa shape index (κ2) is 5.05. The lowest BCUT2D eigenvalue weighted by atomic mass is 10.2. The number of carbonyl (C=O) groups is 1. The van der Waals surface area contributed by atoms with Gasteiger partial charge in [0.1, 0.15) is 5.76 Å². The zero-order valence-corrected chi connectivity index (χ0v) is 10.0. The van der Waals surface area contributed by atoms with Gasteiger partial charge in [-0.3, -0.25) is 0 Å². The summed E-state index contributed by atoms with van der Waals surface area (Å²) in [5.41, 5.74) is 1.15. The fourth-order valence-electron chi connectivity index (χ4n) is 1.36. The highest BCUT2D eigenvalue weighted by Gasteiger charge is 2.05. The van der Waals surface area contributed by atoms with E-state index >= 15 is 0 Å². The Hall–Kier alpha value is -1.75. The number of nitrogens with zero attached hydrogens (tertiary/aromatic N) is 1. The molecule has 0 spiro atoms. The molecule has 88 valence electrons. The molecule has 0 aliphatic rings. The fraction of sp³-hybridized carbons (Fsp3) is 0.167. The quantitative estimate of drug-likeness (QED) is 0.844. The van der Waals surface area contributed by atoms with Crippen LogP contribution in [-0.2, 0) is 5.75 Å². The van der Waals surface area contributed by atoms with E-state index in [2.05, 4.69) is 5.16 Å². The van der Waals surface area contributed by atoms with Crippen LogP contribution in [0.15, 0.2) is 39.8 Å². The highest BCUT2D eigenvalue weighted by molar-refractivity contribution is 7.98. The van der Waals surface area contributed by atoms with Crippen molar-refractivity contribution in [1.82, 2.24) is 5.16 Å². The van der Waals surface area contributed by atoms with Crippen molar-refractivity contribution in [1.29, 1.82) is 0 Å². The van der Waals surface area contributed by atoms with Gasteiger partial charge in [-0.15, -0.1) is 11.8 Å². The zero-order chi connectivity index (χ0) is 12.3. The van der Waals surface area contributed by atoms with Crippen molar-refractivity contribution in [3.05, 3.63) is 47.3 Å². The maximum absolute atomic E-state index is 10.8. The molecule has 0 fully saturated rings. The van der Waals surface area contributed by atoms with Crippen molar-refractivity contribution in [3.8, 4) is 0 Å². The molecule has 0 aliphatic carbocycles. The molecule has 2 aromatic rings. The molecule has 0 atom stereocenters. The Labute approximate surface area is 103 Å². The zero-order valence-electron chi connectivity index (χ0n) is 9.21. The van der Waals surface area contributed by atoms with E-state index in [0.29, 0.717) is 11.3 Å². The maximum Gasteiger partial charge on any atom is 0.335 e. The standard InChI is InChI=1S/C12H11NO3S/c1-8-5-10(13-16-8)7-17-11-4-2-3-9(6-11)12(14)15/h2-6H,7H2,1H3,(H,14,15). The molecule has 5 heteroatoms. The SMILES string of the molecule is Cc1cc(CSc2cccc(C(=O)O)c2)no1. The van der Waals surface area contributed by atoms with Gasteiger partial charge in [-0.1, -0.05) is 11.2 Å². The summed E-state index contributed by atoms with van der Waals surface area (Å²) < 4.78 is 4.96. The van der Waals surface area contributed by atoms with Gasteiger partial charge >= 0.3 is 5.97 Å². The van der Waals surface area contributed by atoms with Crippen LogP contribution >= 0.6 is 11.8 Å². The van der Waals surface area contributed by atoms with Gasteiger partial charge in [0.2, 0.25) is 0 Å². The highest BCUT2D eigenvalue weighted by Crippen LogP contribution is 2.23. The molecule has 2 rings (SSSR count). The smallest absolute Gasteiger partial charge is 0.335 e. The molecule has 0 amide bonds. The number of hydrogen-bond acceptors (Lipinski definition) is 4. The summed E-state index contributed by atoms with van der Waals surface area (Å²) in [5, 5.41) is 12.7. The first-order valence-electron chi connectivity index (χ1n) is 5.03. The van der Waals surface area contributed by atoms with Crippen LogP contribution in [0, 0.1) is 6.92 Å². The molecule has 0 saturated heterocycles. The molecule has 1 heterocycles. The predicted octanol–water partition coefficient (Wildman–Crippen LogP) is 2.97. The highest BCUT2D eigenvalue weighted by atomic mass is 32.2. The van der Waals surface area contributed by atoms with Crippen LogP contribution in [0.4, 0.5) is 0 Å². The Kier molecular flexibility index (Phi) is 3.49. The summed E-state index contributed by atoms with van der Waals surface area (Å²) >= 11 is 1.53. The topological polar surface area (TPSA) is 63.3 Å². The first kappa shape index (κ1) is 11.7. The van der Waals surface area contributed by atoms with Crippen molar-refractivity contribution in [2.24, 2.45) is 0 Å². The van der Waals surface area contributed by atoms with Crippen molar-refractivity contribution in [2.75, 3.05) is 0 Å². The second-order valence-corrected chi connectivity index (χ2v) is 4.60. The summed E-state index contributed by atoms with van der Waals surface area (Å²) in [5.74, 6) is 0.532. The van der Waals surface area contributed by atoms with E-state index in [4.69, 9.17) is 9.63 Å². The van der Waals surface area contributed by atoms with Crippen molar-refractivity contribution in [3.63, 3.8) is 0 Å². The summed E-state index contributed by atoms with van der Waals surface area (Å²) in [6.45, 7) is 1.84. The second-order valence-electron chi connectivity index (χ2n) is 3.55. The Bertz CT molecular complexity index is 536. The third-order valence-corrected chi connectivity index (χ3v) is 3.17. The molecule has 0 radical (unpaired) electrons. The number of hydrogen-bond donors (Lipinski definition) is 1. The third kappa shape index (κ3) is 3.10. The first-order chi connectivity index (χ1) is 8.15. The van der Waals surface area contributed by atoms with Gasteiger partial charge in [-0.25, -0.2) is 4.79 Å². The van der Waals surface area contributed by atoms with Crippen LogP contribution in [0.25, 0.3) is 0 Å². The van der Waals surface area contributed by atoms with Crippen LogP contribution in [-0.4, -0.2) is 16.2 Å². The van der Waals surface area contributed by atoms with E-state index in [0.717, 1.165) is 16.3 Å². The van der Waals surface area contributed by atoms with Crippen molar-refractivity contribution >= 4 is 17.7 Å². The van der Waals surface area contributed by atoms with E-state index < -0.39 is 5.97 Å². The molecule has 0 bridgehead atoms. The maximum atomic E-state index is 10.8. The van der Waals surface area contributed by atoms with Crippen LogP contribution < -0.4 is 0 Å². The Balaban J connectivity index is 2.04. The number of benzene rings is 1. The molecule has 4 nitrogen and oxygen atoms in total. The number of thioether (sulfide) groups is 1. The van der Waals surface area contributed by atoms with Crippen LogP contribution in [0.5, 0.6) is 0 Å². The minimum absolute atomic E-state index is 0.298. The van der Waals surface area contributed by atoms with Gasteiger partial charge in [0.15, 0.2) is 0 Å². The van der Waals surface area contributed by atoms with Crippen molar-refractivity contribution < 1.29 is 14.4 Å². The molecule has 0 unspecified atom stereocenters. The van der Waals surface area contributed by atoms with E-state index in [1.54, 1.807) is 18.2 Å². The van der Waals surface area contributed by atoms with Gasteiger partial charge in [0.05, 0.1) is 11.3 Å². The van der Waals surface area contributed by atoms with Gasteiger partial charge in [-0.05, 0) is 25.1 Å². The normalized spacial score (nSPS) is 10.4. The van der Waals surface area contributed by atoms with Crippen LogP contribution in [0.3, 0.4) is 0 Å². The monoisotopic (exact) mass is 249 g/mol. The molecular formula is C12H11NO3S. The molecule has 0 saturated carbocycles. The lowest BCUT2D eigenvalue weighted by molar-refractivity contribution is 0.0696. The minimum Gasteiger partial charge on any atom is -0.478 e. The fourth-order valence-corrected chi connectivity index (χ4v) is 2.20. The predicted molar refractivity (Wildman–Crippen MR) is 64.2 cm³/mol. The number of aromatic carboxylic acids is 1. The molecular weight excluding hydrogens is 238 g/mol. The van der Waals surface area contributed by atoms with E-state index in [9.17, 15) is 4.79 Å². The number of carboxylic acids is 1. The number of carboxylic acid groups (broad SMARTS) is 1. The minimum atomic E-state index is -0.912. The molecule has 17 heavy (non-hydrogen) atoms. The van der Waals surface area contributed by atoms with Gasteiger partial charge in [-0.2, -0.15) is 0 Å². The van der Waals surface area contributed by atoms with Crippen LogP contribution in [0.2, 0.25) is 0 Å². The van der Waals surface area contributed by atoms with Gasteiger partial charge in [0, 0.05) is 16.7 Å². The van der Waals surface area contributed by atoms with E-state index in [1.165, 1.54) is 11.8 Å². The van der Waals surface area contributed by atoms with Crippen molar-refractivity contribution in [2.45, 2.75) is 17.6 Å². The number of aromatic nitrogens is 1. The molecule has 1 aromatic carbocycles. The lowest BCUT2D eigenvalue weighted by Gasteiger charge is -2.00. The van der Waals surface area contributed by atoms with Gasteiger partial charge in [0.25, 0.3) is 0 Å². The summed E-state index contributed by atoms with van der Waals surface area (Å²) in [6, 6.07) is 8.71. The lowest BCUT2D eigenvalue weighted by Crippen LogP contribution is -1.95. The largest absolute Gasteiger partial charge is 0.478 e. The van der Waals surface area contributed by atoms with Gasteiger partial charge < -0.3 is 9.63 Å². The first-order valence-corrected chi connectivity index (χ1v) is 6.02. The molecule has 0 aliphatic heterocycles. The Morgan fingerprint density at radius 1 is 1.47 bits per heavy atom. The van der Waals surface area contributed by atoms with E-state index in [-0.39, 0.29) is 0 Å². The molecule has 1 aromatic heterocycles. The Morgan fingerprint density at radius 2 is 2.29 bits per heavy atom. The average molecular weight is 249 g/mol. The summed E-state index contributed by atoms with van der Waals surface area (Å²) in [7, 11) is 0. The van der Waals surface area contributed by atoms with E-state index in [1.807, 2.05) is 19.1 Å². The third-order valence-electron chi connectivity index (χ3n) is 2.14. The number of aryl methyl sites for hydroxylation is 1. The summed E-state index contributed by atoms with van der Waals surface area (Å²) in [4.78, 5) is 11.7.